The molecule has 1 saturated carbocycles. The van der Waals surface area contributed by atoms with Crippen molar-refractivity contribution in [2.24, 2.45) is 5.73 Å². The van der Waals surface area contributed by atoms with Gasteiger partial charge in [-0.2, -0.15) is 0 Å². The maximum Gasteiger partial charge on any atom is 0.122 e. The third kappa shape index (κ3) is 2.06. The quantitative estimate of drug-likeness (QED) is 0.903. The fourth-order valence-corrected chi connectivity index (χ4v) is 4.18. The van der Waals surface area contributed by atoms with E-state index < -0.39 is 0 Å². The number of hydrogen-bond donors (Lipinski definition) is 1. The van der Waals surface area contributed by atoms with Gasteiger partial charge in [0, 0.05) is 17.5 Å². The van der Waals surface area contributed by atoms with Gasteiger partial charge in [0.25, 0.3) is 0 Å². The summed E-state index contributed by atoms with van der Waals surface area (Å²) in [5.74, 6) is 1.08. The third-order valence-corrected chi connectivity index (χ3v) is 5.20. The minimum atomic E-state index is 0.180. The van der Waals surface area contributed by atoms with E-state index in [-0.39, 0.29) is 5.41 Å². The van der Waals surface area contributed by atoms with E-state index in [1.165, 1.54) is 62.5 Å². The molecule has 2 nitrogen and oxygen atoms in total. The average molecular weight is 259 g/mol. The molecule has 1 aromatic carbocycles. The molecule has 0 heterocycles. The Morgan fingerprint density at radius 1 is 1.11 bits per heavy atom. The van der Waals surface area contributed by atoms with Crippen LogP contribution in [0.1, 0.15) is 55.2 Å². The van der Waals surface area contributed by atoms with Crippen LogP contribution in [0, 0.1) is 0 Å². The van der Waals surface area contributed by atoms with Gasteiger partial charge in [0.2, 0.25) is 0 Å². The first-order valence-electron chi connectivity index (χ1n) is 7.70. The van der Waals surface area contributed by atoms with Crippen LogP contribution in [-0.2, 0) is 18.3 Å². The number of fused-ring (bicyclic) bond motifs is 1. The number of hydrogen-bond acceptors (Lipinski definition) is 2. The molecule has 0 saturated heterocycles. The summed E-state index contributed by atoms with van der Waals surface area (Å²) in [5.41, 5.74) is 11.0. The first kappa shape index (κ1) is 13.0. The van der Waals surface area contributed by atoms with Crippen LogP contribution in [0.2, 0.25) is 0 Å². The molecule has 2 N–H and O–H groups in total. The van der Waals surface area contributed by atoms with Crippen LogP contribution < -0.4 is 10.5 Å². The molecule has 0 aliphatic heterocycles. The standard InChI is InChI=1S/C17H25NO/c1-19-15-9-8-13-6-5-7-14(13)16(15)17(12-18)10-3-2-4-11-17/h8-9H,2-7,10-12,18H2,1H3. The maximum atomic E-state index is 6.23. The lowest BCUT2D eigenvalue weighted by atomic mass is 9.67. The van der Waals surface area contributed by atoms with E-state index in [2.05, 4.69) is 12.1 Å². The lowest BCUT2D eigenvalue weighted by Gasteiger charge is -2.39. The van der Waals surface area contributed by atoms with E-state index in [0.29, 0.717) is 0 Å². The van der Waals surface area contributed by atoms with Crippen LogP contribution in [0.15, 0.2) is 12.1 Å². The van der Waals surface area contributed by atoms with E-state index in [9.17, 15) is 0 Å². The van der Waals surface area contributed by atoms with Crippen molar-refractivity contribution in [1.29, 1.82) is 0 Å². The number of benzene rings is 1. The van der Waals surface area contributed by atoms with Gasteiger partial charge < -0.3 is 10.5 Å². The molecule has 104 valence electrons. The van der Waals surface area contributed by atoms with Crippen LogP contribution >= 0.6 is 0 Å². The Morgan fingerprint density at radius 2 is 1.89 bits per heavy atom. The molecule has 0 spiro atoms. The van der Waals surface area contributed by atoms with Gasteiger partial charge in [-0.3, -0.25) is 0 Å². The monoisotopic (exact) mass is 259 g/mol. The molecule has 0 atom stereocenters. The molecule has 2 heteroatoms. The summed E-state index contributed by atoms with van der Waals surface area (Å²) in [4.78, 5) is 0. The van der Waals surface area contributed by atoms with Gasteiger partial charge in [0.15, 0.2) is 0 Å². The van der Waals surface area contributed by atoms with Crippen molar-refractivity contribution in [3.05, 3.63) is 28.8 Å². The minimum absolute atomic E-state index is 0.180. The topological polar surface area (TPSA) is 35.2 Å². The molecule has 0 unspecified atom stereocenters. The molecule has 2 aliphatic rings. The van der Waals surface area contributed by atoms with Crippen molar-refractivity contribution in [1.82, 2.24) is 0 Å². The Kier molecular flexibility index (Phi) is 3.53. The summed E-state index contributed by atoms with van der Waals surface area (Å²) in [7, 11) is 1.80. The predicted molar refractivity (Wildman–Crippen MR) is 78.8 cm³/mol. The van der Waals surface area contributed by atoms with E-state index in [4.69, 9.17) is 10.5 Å². The Labute approximate surface area is 116 Å². The van der Waals surface area contributed by atoms with Crippen molar-refractivity contribution in [2.45, 2.75) is 56.8 Å². The molecule has 1 fully saturated rings. The van der Waals surface area contributed by atoms with Gasteiger partial charge in [0.1, 0.15) is 5.75 Å². The second-order valence-electron chi connectivity index (χ2n) is 6.18. The number of methoxy groups -OCH3 is 1. The Balaban J connectivity index is 2.14. The average Bonchev–Trinajstić information content (AvgIpc) is 2.95. The molecule has 0 aromatic heterocycles. The fraction of sp³-hybridized carbons (Fsp3) is 0.647. The summed E-state index contributed by atoms with van der Waals surface area (Å²) in [5, 5.41) is 0. The number of nitrogens with two attached hydrogens (primary N) is 1. The lowest BCUT2D eigenvalue weighted by molar-refractivity contribution is 0.286. The summed E-state index contributed by atoms with van der Waals surface area (Å²) in [6, 6.07) is 4.43. The van der Waals surface area contributed by atoms with E-state index in [1.807, 2.05) is 0 Å². The summed E-state index contributed by atoms with van der Waals surface area (Å²) in [6.45, 7) is 0.764. The van der Waals surface area contributed by atoms with Crippen molar-refractivity contribution in [3.8, 4) is 5.75 Å². The molecule has 0 bridgehead atoms. The zero-order valence-corrected chi connectivity index (χ0v) is 12.0. The summed E-state index contributed by atoms with van der Waals surface area (Å²) < 4.78 is 5.70. The highest BCUT2D eigenvalue weighted by atomic mass is 16.5. The predicted octanol–water partition coefficient (Wildman–Crippen LogP) is 3.34. The van der Waals surface area contributed by atoms with Gasteiger partial charge in [0.05, 0.1) is 7.11 Å². The molecule has 19 heavy (non-hydrogen) atoms. The Morgan fingerprint density at radius 3 is 2.58 bits per heavy atom. The second kappa shape index (κ2) is 5.16. The summed E-state index contributed by atoms with van der Waals surface area (Å²) in [6.07, 6.45) is 10.2. The highest BCUT2D eigenvalue weighted by molar-refractivity contribution is 5.52. The first-order chi connectivity index (χ1) is 9.30. The van der Waals surface area contributed by atoms with E-state index in [1.54, 1.807) is 12.7 Å². The second-order valence-corrected chi connectivity index (χ2v) is 6.18. The van der Waals surface area contributed by atoms with Crippen molar-refractivity contribution in [3.63, 3.8) is 0 Å². The molecule has 3 rings (SSSR count). The van der Waals surface area contributed by atoms with Crippen molar-refractivity contribution >= 4 is 0 Å². The van der Waals surface area contributed by atoms with Gasteiger partial charge in [-0.25, -0.2) is 0 Å². The van der Waals surface area contributed by atoms with E-state index in [0.717, 1.165) is 12.3 Å². The van der Waals surface area contributed by atoms with Crippen LogP contribution in [0.3, 0.4) is 0 Å². The maximum absolute atomic E-state index is 6.23. The smallest absolute Gasteiger partial charge is 0.122 e. The first-order valence-corrected chi connectivity index (χ1v) is 7.70. The number of ether oxygens (including phenoxy) is 1. The lowest BCUT2D eigenvalue weighted by Crippen LogP contribution is -2.38. The highest BCUT2D eigenvalue weighted by Gasteiger charge is 2.38. The SMILES string of the molecule is COc1ccc2c(c1C1(CN)CCCCC1)CCC2. The highest BCUT2D eigenvalue weighted by Crippen LogP contribution is 2.46. The van der Waals surface area contributed by atoms with Gasteiger partial charge in [-0.1, -0.05) is 25.3 Å². The molecule has 0 amide bonds. The summed E-state index contributed by atoms with van der Waals surface area (Å²) >= 11 is 0. The fourth-order valence-electron chi connectivity index (χ4n) is 4.18. The molecular formula is C17H25NO. The van der Waals surface area contributed by atoms with Crippen molar-refractivity contribution in [2.75, 3.05) is 13.7 Å². The zero-order chi connectivity index (χ0) is 13.3. The molecular weight excluding hydrogens is 234 g/mol. The normalized spacial score (nSPS) is 21.2. The number of rotatable bonds is 3. The van der Waals surface area contributed by atoms with E-state index >= 15 is 0 Å². The zero-order valence-electron chi connectivity index (χ0n) is 12.0. The minimum Gasteiger partial charge on any atom is -0.496 e. The van der Waals surface area contributed by atoms with Crippen molar-refractivity contribution < 1.29 is 4.74 Å². The molecule has 0 radical (unpaired) electrons. The largest absolute Gasteiger partial charge is 0.496 e. The number of aryl methyl sites for hydroxylation is 1. The van der Waals surface area contributed by atoms with Crippen LogP contribution in [0.5, 0.6) is 5.75 Å². The van der Waals surface area contributed by atoms with Gasteiger partial charge >= 0.3 is 0 Å². The Bertz CT molecular complexity index is 461. The van der Waals surface area contributed by atoms with Crippen LogP contribution in [0.25, 0.3) is 0 Å². The van der Waals surface area contributed by atoms with Crippen LogP contribution in [-0.4, -0.2) is 13.7 Å². The van der Waals surface area contributed by atoms with Crippen LogP contribution in [0.4, 0.5) is 0 Å². The molecule has 2 aliphatic carbocycles. The van der Waals surface area contributed by atoms with Gasteiger partial charge in [-0.05, 0) is 49.3 Å². The molecule has 1 aromatic rings. The Hall–Kier alpha value is -1.02. The third-order valence-electron chi connectivity index (χ3n) is 5.20. The van der Waals surface area contributed by atoms with Gasteiger partial charge in [-0.15, -0.1) is 0 Å².